The zero-order valence-electron chi connectivity index (χ0n) is 11.9. The molecule has 1 aromatic carbocycles. The maximum Gasteiger partial charge on any atom is 0.413 e. The molecule has 0 unspecified atom stereocenters. The van der Waals surface area contributed by atoms with Crippen molar-refractivity contribution in [2.75, 3.05) is 13.2 Å². The first kappa shape index (κ1) is 18.9. The average Bonchev–Trinajstić information content (AvgIpc) is 2.44. The van der Waals surface area contributed by atoms with E-state index in [9.17, 15) is 22.8 Å². The molecular weight excluding hydrogens is 352 g/mol. The number of alkyl carbamates (subject to hydrolysis) is 1. The fraction of sp³-hybridized carbons (Fsp3) is 0.250. The lowest BCUT2D eigenvalue weighted by Gasteiger charge is -2.07. The summed E-state index contributed by atoms with van der Waals surface area (Å²) in [5, 5.41) is 6.61. The van der Waals surface area contributed by atoms with Gasteiger partial charge in [0.25, 0.3) is 5.91 Å². The summed E-state index contributed by atoms with van der Waals surface area (Å²) in [5.74, 6) is -1.90. The quantitative estimate of drug-likeness (QED) is 0.720. The monoisotopic (exact) mass is 364 g/mol. The standard InChI is InChI=1S/C12H13ClN2O7S/c1-2-21-12(18)15-10(16)6-22-11(17)7-3-4-8(13)9(5-7)23(14,19)20/h3-5H,2,6H2,1H3,(H2,14,19,20)(H,15,16,18). The fourth-order valence-corrected chi connectivity index (χ4v) is 2.45. The summed E-state index contributed by atoms with van der Waals surface area (Å²) in [4.78, 5) is 33.6. The van der Waals surface area contributed by atoms with Crippen LogP contribution in [0.1, 0.15) is 17.3 Å². The third-order valence-electron chi connectivity index (χ3n) is 2.32. The Morgan fingerprint density at radius 2 is 1.91 bits per heavy atom. The number of hydrogen-bond donors (Lipinski definition) is 2. The van der Waals surface area contributed by atoms with Gasteiger partial charge >= 0.3 is 12.1 Å². The molecule has 23 heavy (non-hydrogen) atoms. The van der Waals surface area contributed by atoms with Crippen LogP contribution in [0.3, 0.4) is 0 Å². The smallest absolute Gasteiger partial charge is 0.413 e. The molecule has 0 saturated carbocycles. The highest BCUT2D eigenvalue weighted by molar-refractivity contribution is 7.89. The maximum absolute atomic E-state index is 11.8. The first-order valence-corrected chi connectivity index (χ1v) is 8.03. The molecule has 1 rings (SSSR count). The summed E-state index contributed by atoms with van der Waals surface area (Å²) in [5.41, 5.74) is -0.178. The van der Waals surface area contributed by atoms with E-state index in [1.165, 1.54) is 6.07 Å². The van der Waals surface area contributed by atoms with Gasteiger partial charge in [-0.3, -0.25) is 10.1 Å². The van der Waals surface area contributed by atoms with Gasteiger partial charge < -0.3 is 9.47 Å². The predicted molar refractivity (Wildman–Crippen MR) is 78.3 cm³/mol. The van der Waals surface area contributed by atoms with Crippen molar-refractivity contribution < 1.29 is 32.3 Å². The average molecular weight is 365 g/mol. The molecule has 0 heterocycles. The van der Waals surface area contributed by atoms with Crippen LogP contribution in [0.5, 0.6) is 0 Å². The highest BCUT2D eigenvalue weighted by Gasteiger charge is 2.18. The van der Waals surface area contributed by atoms with Crippen molar-refractivity contribution in [1.29, 1.82) is 0 Å². The Labute approximate surface area is 136 Å². The van der Waals surface area contributed by atoms with E-state index < -0.39 is 39.5 Å². The van der Waals surface area contributed by atoms with Gasteiger partial charge in [-0.05, 0) is 25.1 Å². The summed E-state index contributed by atoms with van der Waals surface area (Å²) < 4.78 is 31.7. The highest BCUT2D eigenvalue weighted by Crippen LogP contribution is 2.21. The number of hydrogen-bond acceptors (Lipinski definition) is 7. The summed E-state index contributed by atoms with van der Waals surface area (Å²) in [7, 11) is -4.12. The Kier molecular flexibility index (Phi) is 6.49. The largest absolute Gasteiger partial charge is 0.452 e. The number of halogens is 1. The van der Waals surface area contributed by atoms with Gasteiger partial charge in [0.1, 0.15) is 4.90 Å². The van der Waals surface area contributed by atoms with Crippen molar-refractivity contribution in [2.24, 2.45) is 5.14 Å². The molecular formula is C12H13ClN2O7S. The number of primary sulfonamides is 1. The van der Waals surface area contributed by atoms with E-state index >= 15 is 0 Å². The number of amides is 2. The summed E-state index contributed by atoms with van der Waals surface area (Å²) in [6, 6.07) is 3.27. The van der Waals surface area contributed by atoms with Crippen molar-refractivity contribution in [2.45, 2.75) is 11.8 Å². The molecule has 0 fully saturated rings. The van der Waals surface area contributed by atoms with Crippen LogP contribution in [0.25, 0.3) is 0 Å². The first-order chi connectivity index (χ1) is 10.6. The molecule has 0 radical (unpaired) electrons. The number of carbonyl (C=O) groups is 3. The number of carbonyl (C=O) groups excluding carboxylic acids is 3. The molecule has 0 atom stereocenters. The van der Waals surface area contributed by atoms with Crippen molar-refractivity contribution >= 4 is 39.6 Å². The van der Waals surface area contributed by atoms with Crippen LogP contribution < -0.4 is 10.5 Å². The molecule has 1 aromatic rings. The molecule has 3 N–H and O–H groups in total. The Morgan fingerprint density at radius 1 is 1.26 bits per heavy atom. The van der Waals surface area contributed by atoms with Crippen LogP contribution in [-0.4, -0.2) is 39.6 Å². The zero-order valence-corrected chi connectivity index (χ0v) is 13.4. The molecule has 0 spiro atoms. The van der Waals surface area contributed by atoms with E-state index in [1.807, 2.05) is 5.32 Å². The third kappa shape index (κ3) is 5.85. The molecule has 9 nitrogen and oxygen atoms in total. The van der Waals surface area contributed by atoms with Gasteiger partial charge in [-0.15, -0.1) is 0 Å². The molecule has 126 valence electrons. The van der Waals surface area contributed by atoms with Crippen molar-refractivity contribution in [3.63, 3.8) is 0 Å². The van der Waals surface area contributed by atoms with Gasteiger partial charge in [0.15, 0.2) is 6.61 Å². The molecule has 0 aliphatic carbocycles. The number of benzene rings is 1. The first-order valence-electron chi connectivity index (χ1n) is 6.11. The number of esters is 1. The minimum absolute atomic E-state index is 0.0695. The van der Waals surface area contributed by atoms with Gasteiger partial charge in [0.2, 0.25) is 10.0 Å². The van der Waals surface area contributed by atoms with E-state index in [0.717, 1.165) is 12.1 Å². The predicted octanol–water partition coefficient (Wildman–Crippen LogP) is 0.417. The lowest BCUT2D eigenvalue weighted by molar-refractivity contribution is -0.123. The van der Waals surface area contributed by atoms with Crippen LogP contribution in [0.15, 0.2) is 23.1 Å². The lowest BCUT2D eigenvalue weighted by atomic mass is 10.2. The molecule has 0 aromatic heterocycles. The minimum atomic E-state index is -4.12. The van der Waals surface area contributed by atoms with Crippen molar-refractivity contribution in [1.82, 2.24) is 5.32 Å². The molecule has 2 amide bonds. The minimum Gasteiger partial charge on any atom is -0.452 e. The third-order valence-corrected chi connectivity index (χ3v) is 3.72. The molecule has 0 aliphatic heterocycles. The molecule has 0 aliphatic rings. The van der Waals surface area contributed by atoms with E-state index in [1.54, 1.807) is 6.92 Å². The molecule has 0 bridgehead atoms. The van der Waals surface area contributed by atoms with Crippen LogP contribution in [0.2, 0.25) is 5.02 Å². The van der Waals surface area contributed by atoms with E-state index in [0.29, 0.717) is 0 Å². The van der Waals surface area contributed by atoms with Crippen molar-refractivity contribution in [3.05, 3.63) is 28.8 Å². The Bertz CT molecular complexity index is 733. The van der Waals surface area contributed by atoms with Crippen LogP contribution in [0, 0.1) is 0 Å². The number of nitrogens with two attached hydrogens (primary N) is 1. The van der Waals surface area contributed by atoms with Crippen LogP contribution >= 0.6 is 11.6 Å². The fourth-order valence-electron chi connectivity index (χ4n) is 1.38. The molecule has 11 heteroatoms. The Morgan fingerprint density at radius 3 is 2.48 bits per heavy atom. The van der Waals surface area contributed by atoms with Crippen LogP contribution in [0.4, 0.5) is 4.79 Å². The van der Waals surface area contributed by atoms with Gasteiger partial charge in [-0.1, -0.05) is 11.6 Å². The number of nitrogens with one attached hydrogen (secondary N) is 1. The Hall–Kier alpha value is -2.17. The second kappa shape index (κ2) is 7.90. The highest BCUT2D eigenvalue weighted by atomic mass is 35.5. The van der Waals surface area contributed by atoms with E-state index in [-0.39, 0.29) is 17.2 Å². The van der Waals surface area contributed by atoms with Crippen molar-refractivity contribution in [3.8, 4) is 0 Å². The van der Waals surface area contributed by atoms with E-state index in [4.69, 9.17) is 16.7 Å². The number of imide groups is 1. The topological polar surface area (TPSA) is 142 Å². The van der Waals surface area contributed by atoms with Gasteiger partial charge in [-0.2, -0.15) is 0 Å². The summed E-state index contributed by atoms with van der Waals surface area (Å²) in [6.45, 7) is 0.860. The normalized spacial score (nSPS) is 10.7. The van der Waals surface area contributed by atoms with E-state index in [2.05, 4.69) is 9.47 Å². The summed E-state index contributed by atoms with van der Waals surface area (Å²) >= 11 is 5.67. The maximum atomic E-state index is 11.8. The zero-order chi connectivity index (χ0) is 17.6. The second-order valence-electron chi connectivity index (χ2n) is 4.03. The van der Waals surface area contributed by atoms with Gasteiger partial charge in [-0.25, -0.2) is 23.1 Å². The van der Waals surface area contributed by atoms with Crippen LogP contribution in [-0.2, 0) is 24.3 Å². The number of rotatable bonds is 5. The van der Waals surface area contributed by atoms with Gasteiger partial charge in [0, 0.05) is 0 Å². The molecule has 0 saturated heterocycles. The summed E-state index contributed by atoms with van der Waals surface area (Å²) in [6.07, 6.45) is -0.975. The lowest BCUT2D eigenvalue weighted by Crippen LogP contribution is -2.34. The second-order valence-corrected chi connectivity index (χ2v) is 5.97. The SMILES string of the molecule is CCOC(=O)NC(=O)COC(=O)c1ccc(Cl)c(S(N)(=O)=O)c1. The van der Waals surface area contributed by atoms with Gasteiger partial charge in [0.05, 0.1) is 17.2 Å². The number of ether oxygens (including phenoxy) is 2. The number of sulfonamides is 1. The Balaban J connectivity index is 2.73.